The van der Waals surface area contributed by atoms with Crippen LogP contribution in [0.25, 0.3) is 11.1 Å². The summed E-state index contributed by atoms with van der Waals surface area (Å²) in [5, 5.41) is 2.83. The van der Waals surface area contributed by atoms with Crippen molar-refractivity contribution in [3.8, 4) is 11.1 Å². The summed E-state index contributed by atoms with van der Waals surface area (Å²) in [6.07, 6.45) is 0. The fourth-order valence-electron chi connectivity index (χ4n) is 4.02. The lowest BCUT2D eigenvalue weighted by atomic mass is 9.99. The van der Waals surface area contributed by atoms with Crippen LogP contribution in [0.3, 0.4) is 0 Å². The third-order valence-corrected chi connectivity index (χ3v) is 7.58. The van der Waals surface area contributed by atoms with Crippen molar-refractivity contribution in [2.75, 3.05) is 45.2 Å². The predicted octanol–water partition coefficient (Wildman–Crippen LogP) is 3.45. The standard InChI is InChI=1S/C26H29N3O4S/c1-28(19-22-10-5-6-13-25(22)21-8-3-2-4-9-21)20-26(30)27-23-11-7-12-24(18-23)34(31,32)29-14-16-33-17-15-29/h2-13,18H,14-17,19-20H2,1H3,(H,27,30). The van der Waals surface area contributed by atoms with E-state index in [1.54, 1.807) is 18.2 Å². The van der Waals surface area contributed by atoms with Crippen LogP contribution in [0.1, 0.15) is 5.56 Å². The van der Waals surface area contributed by atoms with Gasteiger partial charge in [-0.1, -0.05) is 60.7 Å². The molecule has 7 nitrogen and oxygen atoms in total. The summed E-state index contributed by atoms with van der Waals surface area (Å²) in [7, 11) is -1.73. The molecular formula is C26H29N3O4S. The number of ether oxygens (including phenoxy) is 1. The van der Waals surface area contributed by atoms with Gasteiger partial charge in [-0.3, -0.25) is 9.69 Å². The minimum atomic E-state index is -3.62. The highest BCUT2D eigenvalue weighted by molar-refractivity contribution is 7.89. The Bertz CT molecular complexity index is 1230. The van der Waals surface area contributed by atoms with Gasteiger partial charge in [0, 0.05) is 25.3 Å². The van der Waals surface area contributed by atoms with E-state index in [1.807, 2.05) is 42.3 Å². The van der Waals surface area contributed by atoms with Crippen molar-refractivity contribution in [1.82, 2.24) is 9.21 Å². The van der Waals surface area contributed by atoms with Gasteiger partial charge in [-0.25, -0.2) is 8.42 Å². The van der Waals surface area contributed by atoms with Crippen LogP contribution in [0.4, 0.5) is 5.69 Å². The number of carbonyl (C=O) groups is 1. The van der Waals surface area contributed by atoms with Gasteiger partial charge in [0.1, 0.15) is 0 Å². The third-order valence-electron chi connectivity index (χ3n) is 5.68. The highest BCUT2D eigenvalue weighted by Crippen LogP contribution is 2.24. The van der Waals surface area contributed by atoms with Crippen molar-refractivity contribution in [2.45, 2.75) is 11.4 Å². The minimum absolute atomic E-state index is 0.164. The van der Waals surface area contributed by atoms with Crippen LogP contribution in [-0.2, 0) is 26.1 Å². The second-order valence-corrected chi connectivity index (χ2v) is 10.2. The Kier molecular flexibility index (Phi) is 7.74. The number of likely N-dealkylation sites (N-methyl/N-ethyl adjacent to an activating group) is 1. The Morgan fingerprint density at radius 2 is 1.68 bits per heavy atom. The van der Waals surface area contributed by atoms with E-state index < -0.39 is 10.0 Å². The molecule has 0 unspecified atom stereocenters. The molecule has 0 radical (unpaired) electrons. The third kappa shape index (κ3) is 5.90. The van der Waals surface area contributed by atoms with Crippen molar-refractivity contribution in [2.24, 2.45) is 0 Å². The Balaban J connectivity index is 1.40. The number of morpholine rings is 1. The van der Waals surface area contributed by atoms with Crippen LogP contribution < -0.4 is 5.32 Å². The second-order valence-electron chi connectivity index (χ2n) is 8.29. The molecule has 0 saturated carbocycles. The fraction of sp³-hybridized carbons (Fsp3) is 0.269. The van der Waals surface area contributed by atoms with Crippen LogP contribution in [0.5, 0.6) is 0 Å². The summed E-state index contributed by atoms with van der Waals surface area (Å²) in [6.45, 7) is 2.20. The SMILES string of the molecule is CN(CC(=O)Nc1cccc(S(=O)(=O)N2CCOCC2)c1)Cc1ccccc1-c1ccccc1. The van der Waals surface area contributed by atoms with E-state index in [2.05, 4.69) is 29.6 Å². The van der Waals surface area contributed by atoms with E-state index in [0.29, 0.717) is 38.5 Å². The van der Waals surface area contributed by atoms with E-state index in [1.165, 1.54) is 10.4 Å². The summed E-state index contributed by atoms with van der Waals surface area (Å²) >= 11 is 0. The van der Waals surface area contributed by atoms with E-state index in [4.69, 9.17) is 4.74 Å². The Labute approximate surface area is 201 Å². The number of anilines is 1. The molecule has 0 spiro atoms. The molecule has 8 heteroatoms. The van der Waals surface area contributed by atoms with Crippen LogP contribution in [0.2, 0.25) is 0 Å². The van der Waals surface area contributed by atoms with E-state index in [-0.39, 0.29) is 17.3 Å². The maximum atomic E-state index is 12.9. The van der Waals surface area contributed by atoms with Crippen LogP contribution in [0.15, 0.2) is 83.8 Å². The first kappa shape index (κ1) is 24.1. The molecule has 1 aliphatic rings. The topological polar surface area (TPSA) is 79.0 Å². The zero-order valence-electron chi connectivity index (χ0n) is 19.2. The Morgan fingerprint density at radius 3 is 2.44 bits per heavy atom. The number of rotatable bonds is 8. The van der Waals surface area contributed by atoms with Crippen molar-refractivity contribution >= 4 is 21.6 Å². The number of sulfonamides is 1. The molecule has 1 N–H and O–H groups in total. The Hall–Kier alpha value is -3.04. The lowest BCUT2D eigenvalue weighted by Gasteiger charge is -2.26. The summed E-state index contributed by atoms with van der Waals surface area (Å²) in [5.74, 6) is -0.208. The number of hydrogen-bond acceptors (Lipinski definition) is 5. The highest BCUT2D eigenvalue weighted by atomic mass is 32.2. The van der Waals surface area contributed by atoms with E-state index in [0.717, 1.165) is 16.7 Å². The molecular weight excluding hydrogens is 450 g/mol. The lowest BCUT2D eigenvalue weighted by Crippen LogP contribution is -2.40. The molecule has 1 saturated heterocycles. The normalized spacial score (nSPS) is 14.8. The number of nitrogens with zero attached hydrogens (tertiary/aromatic N) is 2. The Morgan fingerprint density at radius 1 is 0.971 bits per heavy atom. The minimum Gasteiger partial charge on any atom is -0.379 e. The maximum absolute atomic E-state index is 12.9. The summed E-state index contributed by atoms with van der Waals surface area (Å²) in [5.41, 5.74) is 3.85. The number of carbonyl (C=O) groups excluding carboxylic acids is 1. The fourth-order valence-corrected chi connectivity index (χ4v) is 5.47. The molecule has 1 amide bonds. The summed E-state index contributed by atoms with van der Waals surface area (Å²) in [6, 6.07) is 24.7. The van der Waals surface area contributed by atoms with Gasteiger partial charge in [-0.05, 0) is 41.9 Å². The lowest BCUT2D eigenvalue weighted by molar-refractivity contribution is -0.117. The van der Waals surface area contributed by atoms with Gasteiger partial charge in [-0.15, -0.1) is 0 Å². The highest BCUT2D eigenvalue weighted by Gasteiger charge is 2.26. The number of amides is 1. The van der Waals surface area contributed by atoms with Gasteiger partial charge in [0.25, 0.3) is 0 Å². The number of benzene rings is 3. The van der Waals surface area contributed by atoms with Crippen molar-refractivity contribution < 1.29 is 17.9 Å². The van der Waals surface area contributed by atoms with E-state index >= 15 is 0 Å². The van der Waals surface area contributed by atoms with Crippen molar-refractivity contribution in [3.05, 3.63) is 84.4 Å². The molecule has 1 heterocycles. The zero-order valence-corrected chi connectivity index (χ0v) is 20.0. The van der Waals surface area contributed by atoms with Crippen LogP contribution in [-0.4, -0.2) is 63.4 Å². The second kappa shape index (κ2) is 10.9. The van der Waals surface area contributed by atoms with Gasteiger partial charge < -0.3 is 10.1 Å². The molecule has 34 heavy (non-hydrogen) atoms. The first-order valence-corrected chi connectivity index (χ1v) is 12.7. The van der Waals surface area contributed by atoms with Crippen molar-refractivity contribution in [3.63, 3.8) is 0 Å². The first-order chi connectivity index (χ1) is 16.4. The van der Waals surface area contributed by atoms with Gasteiger partial charge in [-0.2, -0.15) is 4.31 Å². The average Bonchev–Trinajstić information content (AvgIpc) is 2.85. The molecule has 0 aliphatic carbocycles. The number of hydrogen-bond donors (Lipinski definition) is 1. The smallest absolute Gasteiger partial charge is 0.243 e. The maximum Gasteiger partial charge on any atom is 0.243 e. The van der Waals surface area contributed by atoms with Gasteiger partial charge in [0.05, 0.1) is 24.7 Å². The molecule has 3 aromatic carbocycles. The molecule has 0 bridgehead atoms. The van der Waals surface area contributed by atoms with Crippen LogP contribution >= 0.6 is 0 Å². The molecule has 178 valence electrons. The van der Waals surface area contributed by atoms with Crippen molar-refractivity contribution in [1.29, 1.82) is 0 Å². The average molecular weight is 480 g/mol. The molecule has 1 aliphatic heterocycles. The first-order valence-electron chi connectivity index (χ1n) is 11.2. The quantitative estimate of drug-likeness (QED) is 0.536. The molecule has 0 atom stereocenters. The molecule has 1 fully saturated rings. The predicted molar refractivity (Wildman–Crippen MR) is 133 cm³/mol. The summed E-state index contributed by atoms with van der Waals surface area (Å²) < 4.78 is 32.5. The molecule has 3 aromatic rings. The zero-order chi connectivity index (χ0) is 24.0. The largest absolute Gasteiger partial charge is 0.379 e. The van der Waals surface area contributed by atoms with E-state index in [9.17, 15) is 13.2 Å². The van der Waals surface area contributed by atoms with Gasteiger partial charge >= 0.3 is 0 Å². The van der Waals surface area contributed by atoms with Crippen LogP contribution in [0, 0.1) is 0 Å². The molecule has 4 rings (SSSR count). The summed E-state index contributed by atoms with van der Waals surface area (Å²) in [4.78, 5) is 14.8. The van der Waals surface area contributed by atoms with Gasteiger partial charge in [0.15, 0.2) is 0 Å². The number of nitrogens with one attached hydrogen (secondary N) is 1. The monoisotopic (exact) mass is 479 g/mol. The molecule has 0 aromatic heterocycles. The van der Waals surface area contributed by atoms with Gasteiger partial charge in [0.2, 0.25) is 15.9 Å².